The number of anilines is 2. The molecule has 0 spiro atoms. The number of alkyl halides is 3. The Balaban J connectivity index is 0.000000307. The van der Waals surface area contributed by atoms with E-state index < -0.39 is 11.7 Å². The lowest BCUT2D eigenvalue weighted by atomic mass is 9.88. The number of nitrogen functional groups attached to an aromatic ring is 1. The number of fused-ring (bicyclic) bond motifs is 1. The van der Waals surface area contributed by atoms with Crippen molar-refractivity contribution in [2.75, 3.05) is 37.4 Å². The quantitative estimate of drug-likeness (QED) is 0.461. The van der Waals surface area contributed by atoms with Crippen molar-refractivity contribution in [2.45, 2.75) is 72.0 Å². The van der Waals surface area contributed by atoms with Crippen LogP contribution in [0.5, 0.6) is 6.01 Å². The van der Waals surface area contributed by atoms with Gasteiger partial charge < -0.3 is 20.3 Å². The van der Waals surface area contributed by atoms with Gasteiger partial charge in [-0.15, -0.1) is 0 Å². The van der Waals surface area contributed by atoms with E-state index in [4.69, 9.17) is 20.4 Å². The predicted molar refractivity (Wildman–Crippen MR) is 150 cm³/mol. The van der Waals surface area contributed by atoms with Crippen LogP contribution in [-0.2, 0) is 23.8 Å². The van der Waals surface area contributed by atoms with E-state index in [2.05, 4.69) is 44.3 Å². The fourth-order valence-corrected chi connectivity index (χ4v) is 4.87. The third kappa shape index (κ3) is 7.85. The van der Waals surface area contributed by atoms with Gasteiger partial charge in [0, 0.05) is 37.9 Å². The van der Waals surface area contributed by atoms with E-state index >= 15 is 0 Å². The molecule has 1 saturated heterocycles. The number of carbonyl (C=O) groups excluding carboxylic acids is 1. The Morgan fingerprint density at radius 3 is 2.70 bits per heavy atom. The molecule has 11 heteroatoms. The molecule has 4 rings (SSSR count). The zero-order chi connectivity index (χ0) is 29.6. The second kappa shape index (κ2) is 13.3. The molecule has 1 aliphatic carbocycles. The molecule has 2 aromatic heterocycles. The van der Waals surface area contributed by atoms with E-state index in [1.165, 1.54) is 24.6 Å². The molecular formula is C29H41F3N6O2. The smallest absolute Gasteiger partial charge is 0.418 e. The van der Waals surface area contributed by atoms with Crippen LogP contribution in [0.4, 0.5) is 24.8 Å². The Morgan fingerprint density at radius 1 is 1.35 bits per heavy atom. The van der Waals surface area contributed by atoms with Crippen molar-refractivity contribution < 1.29 is 22.7 Å². The van der Waals surface area contributed by atoms with Crippen LogP contribution in [0, 0.1) is 18.8 Å². The summed E-state index contributed by atoms with van der Waals surface area (Å²) in [6.07, 6.45) is 2.95. The van der Waals surface area contributed by atoms with Gasteiger partial charge in [-0.1, -0.05) is 33.8 Å². The van der Waals surface area contributed by atoms with Gasteiger partial charge in [0.2, 0.25) is 5.91 Å². The summed E-state index contributed by atoms with van der Waals surface area (Å²) in [6.45, 7) is 13.7. The average molecular weight is 563 g/mol. The molecule has 3 heterocycles. The topological polar surface area (TPSA) is 97.5 Å². The number of hydrogen-bond donors (Lipinski definition) is 1. The largest absolute Gasteiger partial charge is 0.463 e. The minimum absolute atomic E-state index is 0.00631. The van der Waals surface area contributed by atoms with Gasteiger partial charge in [-0.3, -0.25) is 4.79 Å². The number of rotatable bonds is 7. The lowest BCUT2D eigenvalue weighted by Crippen LogP contribution is -2.37. The second-order valence-electron chi connectivity index (χ2n) is 10.9. The second-order valence-corrected chi connectivity index (χ2v) is 10.9. The van der Waals surface area contributed by atoms with E-state index in [1.54, 1.807) is 0 Å². The van der Waals surface area contributed by atoms with Crippen LogP contribution >= 0.6 is 0 Å². The molecule has 1 fully saturated rings. The lowest BCUT2D eigenvalue weighted by Gasteiger charge is -2.31. The summed E-state index contributed by atoms with van der Waals surface area (Å²) in [7, 11) is 2.09. The number of aromatic nitrogens is 3. The number of hydrogen-bond acceptors (Lipinski definition) is 7. The zero-order valence-electron chi connectivity index (χ0n) is 24.1. The molecule has 2 aromatic rings. The summed E-state index contributed by atoms with van der Waals surface area (Å²) in [5, 5.41) is 0. The molecule has 0 saturated carbocycles. The third-order valence-electron chi connectivity index (χ3n) is 7.64. The number of carbonyl (C=O) groups is 1. The number of aryl methyl sites for hydroxylation is 2. The summed E-state index contributed by atoms with van der Waals surface area (Å²) in [5.74, 6) is 2.20. The standard InChI is InChI=1S/C22H34N4O2.C7H7F3N2/c1-6-15(3)14-28-22-23-19-9-8-16(4)12-18(19)21(24-22)25(5)17-10-11-26(13-17)20(27)7-2;1-4-2-6(11)12-3-5(4)7(8,9)10/h7,15-17H,2,6,8-14H2,1,3-5H3;2-3H,1H3,(H2,11,12). The van der Waals surface area contributed by atoms with Crippen LogP contribution in [0.3, 0.4) is 0 Å². The predicted octanol–water partition coefficient (Wildman–Crippen LogP) is 5.24. The van der Waals surface area contributed by atoms with Gasteiger partial charge >= 0.3 is 12.2 Å². The first-order chi connectivity index (χ1) is 18.8. The summed E-state index contributed by atoms with van der Waals surface area (Å²) < 4.78 is 42.3. The molecule has 2 aliphatic rings. The molecule has 3 atom stereocenters. The fraction of sp³-hybridized carbons (Fsp3) is 0.586. The molecule has 3 unspecified atom stereocenters. The van der Waals surface area contributed by atoms with Crippen molar-refractivity contribution in [3.05, 3.63) is 47.3 Å². The van der Waals surface area contributed by atoms with Crippen LogP contribution in [0.25, 0.3) is 0 Å². The highest BCUT2D eigenvalue weighted by Gasteiger charge is 2.33. The number of likely N-dealkylation sites (N-methyl/N-ethyl adjacent to an activating group) is 1. The summed E-state index contributed by atoms with van der Waals surface area (Å²) in [6, 6.07) is 1.94. The van der Waals surface area contributed by atoms with Crippen molar-refractivity contribution >= 4 is 17.5 Å². The summed E-state index contributed by atoms with van der Waals surface area (Å²) in [5.41, 5.74) is 6.93. The van der Waals surface area contributed by atoms with E-state index in [9.17, 15) is 18.0 Å². The number of nitrogens with zero attached hydrogens (tertiary/aromatic N) is 5. The fourth-order valence-electron chi connectivity index (χ4n) is 4.87. The maximum absolute atomic E-state index is 12.1. The van der Waals surface area contributed by atoms with Crippen molar-refractivity contribution in [1.82, 2.24) is 19.9 Å². The molecule has 40 heavy (non-hydrogen) atoms. The Hall–Kier alpha value is -3.37. The van der Waals surface area contributed by atoms with Gasteiger partial charge in [0.25, 0.3) is 0 Å². The first-order valence-electron chi connectivity index (χ1n) is 13.8. The maximum Gasteiger partial charge on any atom is 0.418 e. The number of likely N-dealkylation sites (tertiary alicyclic amines) is 1. The van der Waals surface area contributed by atoms with Gasteiger partial charge in [-0.25, -0.2) is 4.98 Å². The molecule has 0 aromatic carbocycles. The first-order valence-corrected chi connectivity index (χ1v) is 13.8. The van der Waals surface area contributed by atoms with Gasteiger partial charge in [0.15, 0.2) is 0 Å². The monoisotopic (exact) mass is 562 g/mol. The molecule has 0 bridgehead atoms. The summed E-state index contributed by atoms with van der Waals surface area (Å²) in [4.78, 5) is 29.0. The molecule has 2 N–H and O–H groups in total. The van der Waals surface area contributed by atoms with Crippen molar-refractivity contribution in [2.24, 2.45) is 11.8 Å². The van der Waals surface area contributed by atoms with Crippen molar-refractivity contribution in [3.8, 4) is 6.01 Å². The Bertz CT molecular complexity index is 1190. The molecule has 220 valence electrons. The SMILES string of the molecule is C=CC(=O)N1CCC(N(C)c2nc(OCC(C)CC)nc3c2CC(C)CC3)C1.Cc1cc(N)ncc1C(F)(F)F. The van der Waals surface area contributed by atoms with E-state index in [0.717, 1.165) is 56.4 Å². The van der Waals surface area contributed by atoms with Gasteiger partial charge in [-0.05, 0) is 62.1 Å². The van der Waals surface area contributed by atoms with Crippen LogP contribution in [0.15, 0.2) is 24.9 Å². The summed E-state index contributed by atoms with van der Waals surface area (Å²) >= 11 is 0. The minimum Gasteiger partial charge on any atom is -0.463 e. The minimum atomic E-state index is -4.34. The average Bonchev–Trinajstić information content (AvgIpc) is 3.40. The van der Waals surface area contributed by atoms with E-state index in [-0.39, 0.29) is 23.3 Å². The van der Waals surface area contributed by atoms with Gasteiger partial charge in [0.05, 0.1) is 17.9 Å². The Labute approximate surface area is 234 Å². The number of amides is 1. The molecule has 1 aliphatic heterocycles. The van der Waals surface area contributed by atoms with E-state index in [0.29, 0.717) is 31.0 Å². The maximum atomic E-state index is 12.1. The molecular weight excluding hydrogens is 521 g/mol. The van der Waals surface area contributed by atoms with Gasteiger partial charge in [-0.2, -0.15) is 23.1 Å². The Kier molecular flexibility index (Phi) is 10.4. The zero-order valence-corrected chi connectivity index (χ0v) is 24.1. The number of ether oxygens (including phenoxy) is 1. The Morgan fingerprint density at radius 2 is 2.08 bits per heavy atom. The third-order valence-corrected chi connectivity index (χ3v) is 7.64. The molecule has 1 amide bonds. The number of nitrogens with two attached hydrogens (primary N) is 1. The molecule has 0 radical (unpaired) electrons. The number of pyridine rings is 1. The highest BCUT2D eigenvalue weighted by Crippen LogP contribution is 2.34. The van der Waals surface area contributed by atoms with E-state index in [1.807, 2.05) is 4.90 Å². The van der Waals surface area contributed by atoms with Crippen LogP contribution in [0.2, 0.25) is 0 Å². The number of halogens is 3. The van der Waals surface area contributed by atoms with Crippen LogP contribution in [0.1, 0.15) is 62.4 Å². The lowest BCUT2D eigenvalue weighted by molar-refractivity contribution is -0.138. The first kappa shape index (κ1) is 31.2. The van der Waals surface area contributed by atoms with Crippen molar-refractivity contribution in [1.29, 1.82) is 0 Å². The van der Waals surface area contributed by atoms with Crippen LogP contribution in [-0.4, -0.2) is 58.5 Å². The highest BCUT2D eigenvalue weighted by atomic mass is 19.4. The highest BCUT2D eigenvalue weighted by molar-refractivity contribution is 5.87. The van der Waals surface area contributed by atoms with Gasteiger partial charge in [0.1, 0.15) is 11.6 Å². The van der Waals surface area contributed by atoms with Crippen LogP contribution < -0.4 is 15.4 Å². The normalized spacial score (nSPS) is 19.2. The van der Waals surface area contributed by atoms with Crippen molar-refractivity contribution in [3.63, 3.8) is 0 Å². The molecule has 8 nitrogen and oxygen atoms in total.